The summed E-state index contributed by atoms with van der Waals surface area (Å²) in [6.07, 6.45) is 1.64. The van der Waals surface area contributed by atoms with Crippen LogP contribution < -0.4 is 9.47 Å². The van der Waals surface area contributed by atoms with Gasteiger partial charge in [-0.2, -0.15) is 0 Å². The van der Waals surface area contributed by atoms with Crippen LogP contribution in [-0.4, -0.2) is 66.3 Å². The van der Waals surface area contributed by atoms with E-state index in [0.29, 0.717) is 56.6 Å². The van der Waals surface area contributed by atoms with E-state index in [9.17, 15) is 14.4 Å². The molecule has 0 spiro atoms. The van der Waals surface area contributed by atoms with Crippen molar-refractivity contribution in [2.75, 3.05) is 39.5 Å². The van der Waals surface area contributed by atoms with Gasteiger partial charge in [0.15, 0.2) is 11.5 Å². The fourth-order valence-electron chi connectivity index (χ4n) is 3.80. The molecule has 3 amide bonds. The maximum atomic E-state index is 12.9. The van der Waals surface area contributed by atoms with Crippen LogP contribution in [0.4, 0.5) is 4.79 Å². The number of ether oxygens (including phenoxy) is 3. The van der Waals surface area contributed by atoms with Gasteiger partial charge in [-0.1, -0.05) is 35.9 Å². The summed E-state index contributed by atoms with van der Waals surface area (Å²) >= 11 is 0.829. The third-order valence-corrected chi connectivity index (χ3v) is 6.48. The second-order valence-corrected chi connectivity index (χ2v) is 9.17. The van der Waals surface area contributed by atoms with Crippen LogP contribution in [0, 0.1) is 6.92 Å². The quantitative estimate of drug-likeness (QED) is 0.513. The topological polar surface area (TPSA) is 85.4 Å². The van der Waals surface area contributed by atoms with Crippen LogP contribution in [0.2, 0.25) is 0 Å². The number of nitrogens with zero attached hydrogens (tertiary/aromatic N) is 2. The first-order valence-electron chi connectivity index (χ1n) is 11.5. The molecule has 0 aliphatic carbocycles. The van der Waals surface area contributed by atoms with E-state index in [0.717, 1.165) is 27.8 Å². The van der Waals surface area contributed by atoms with Gasteiger partial charge in [0.1, 0.15) is 13.2 Å². The van der Waals surface area contributed by atoms with E-state index >= 15 is 0 Å². The highest BCUT2D eigenvalue weighted by Crippen LogP contribution is 2.35. The Morgan fingerprint density at radius 3 is 2.63 bits per heavy atom. The van der Waals surface area contributed by atoms with Gasteiger partial charge < -0.3 is 19.1 Å². The molecule has 2 fully saturated rings. The second-order valence-electron chi connectivity index (χ2n) is 8.18. The highest BCUT2D eigenvalue weighted by atomic mass is 32.2. The maximum absolute atomic E-state index is 12.9. The molecule has 35 heavy (non-hydrogen) atoms. The first kappa shape index (κ1) is 24.8. The van der Waals surface area contributed by atoms with Crippen LogP contribution in [0.15, 0.2) is 47.4 Å². The summed E-state index contributed by atoms with van der Waals surface area (Å²) in [5.41, 5.74) is 2.91. The predicted octanol–water partition coefficient (Wildman–Crippen LogP) is 3.87. The van der Waals surface area contributed by atoms with Crippen molar-refractivity contribution in [3.8, 4) is 11.5 Å². The summed E-state index contributed by atoms with van der Waals surface area (Å²) in [7, 11) is 0. The fourth-order valence-corrected chi connectivity index (χ4v) is 4.64. The largest absolute Gasteiger partial charge is 0.490 e. The number of aryl methyl sites for hydroxylation is 1. The van der Waals surface area contributed by atoms with E-state index in [2.05, 4.69) is 6.07 Å². The average Bonchev–Trinajstić information content (AvgIpc) is 3.11. The molecule has 4 rings (SSSR count). The molecule has 2 saturated heterocycles. The Bertz CT molecular complexity index is 1140. The average molecular weight is 497 g/mol. The molecule has 0 bridgehead atoms. The van der Waals surface area contributed by atoms with Gasteiger partial charge in [-0.3, -0.25) is 19.3 Å². The third kappa shape index (κ3) is 6.23. The highest BCUT2D eigenvalue weighted by Gasteiger charge is 2.37. The van der Waals surface area contributed by atoms with E-state index < -0.39 is 11.1 Å². The zero-order valence-electron chi connectivity index (χ0n) is 19.8. The van der Waals surface area contributed by atoms with Gasteiger partial charge in [-0.25, -0.2) is 0 Å². The van der Waals surface area contributed by atoms with Gasteiger partial charge in [-0.05, 0) is 54.9 Å². The van der Waals surface area contributed by atoms with Crippen molar-refractivity contribution >= 4 is 34.9 Å². The van der Waals surface area contributed by atoms with Crippen molar-refractivity contribution in [1.82, 2.24) is 9.80 Å². The lowest BCUT2D eigenvalue weighted by Crippen LogP contribution is -2.46. The number of morpholine rings is 1. The number of rotatable bonds is 8. The Morgan fingerprint density at radius 2 is 1.89 bits per heavy atom. The van der Waals surface area contributed by atoms with Crippen molar-refractivity contribution in [3.63, 3.8) is 0 Å². The van der Waals surface area contributed by atoms with Crippen LogP contribution in [-0.2, 0) is 20.9 Å². The SMILES string of the molecule is CCOc1cc(/C=C2/SC(=O)N(CC(=O)N3CCOCC3)C2=O)ccc1OCc1cccc(C)c1. The van der Waals surface area contributed by atoms with E-state index in [1.165, 1.54) is 0 Å². The van der Waals surface area contributed by atoms with Crippen LogP contribution in [0.5, 0.6) is 11.5 Å². The summed E-state index contributed by atoms with van der Waals surface area (Å²) in [6, 6.07) is 13.5. The van der Waals surface area contributed by atoms with Crippen molar-refractivity contribution in [1.29, 1.82) is 0 Å². The molecular weight excluding hydrogens is 468 g/mol. The van der Waals surface area contributed by atoms with E-state index in [1.807, 2.05) is 32.0 Å². The Labute approximate surface area is 208 Å². The van der Waals surface area contributed by atoms with E-state index in [1.54, 1.807) is 29.2 Å². The molecular formula is C26H28N2O6S. The lowest BCUT2D eigenvalue weighted by atomic mass is 10.1. The molecule has 0 atom stereocenters. The van der Waals surface area contributed by atoms with Crippen molar-refractivity contribution < 1.29 is 28.6 Å². The van der Waals surface area contributed by atoms with Gasteiger partial charge >= 0.3 is 0 Å². The third-order valence-electron chi connectivity index (χ3n) is 5.57. The number of amides is 3. The lowest BCUT2D eigenvalue weighted by molar-refractivity contribution is -0.139. The van der Waals surface area contributed by atoms with Crippen LogP contribution in [0.25, 0.3) is 6.08 Å². The highest BCUT2D eigenvalue weighted by molar-refractivity contribution is 8.18. The van der Waals surface area contributed by atoms with Gasteiger partial charge in [0.2, 0.25) is 5.91 Å². The number of imide groups is 1. The summed E-state index contributed by atoms with van der Waals surface area (Å²) in [5.74, 6) is 0.412. The van der Waals surface area contributed by atoms with Gasteiger partial charge in [0.05, 0.1) is 24.7 Å². The molecule has 0 saturated carbocycles. The molecule has 0 N–H and O–H groups in total. The standard InChI is InChI=1S/C26H28N2O6S/c1-3-33-22-14-19(7-8-21(22)34-17-20-6-4-5-18(2)13-20)15-23-25(30)28(26(31)35-23)16-24(29)27-9-11-32-12-10-27/h4-8,13-15H,3,9-12,16-17H2,1-2H3/b23-15+. The molecule has 2 aliphatic heterocycles. The van der Waals surface area contributed by atoms with Crippen LogP contribution in [0.3, 0.4) is 0 Å². The molecule has 2 heterocycles. The smallest absolute Gasteiger partial charge is 0.294 e. The van der Waals surface area contributed by atoms with Gasteiger partial charge in [0.25, 0.3) is 11.1 Å². The minimum Gasteiger partial charge on any atom is -0.490 e. The second kappa shape index (κ2) is 11.4. The van der Waals surface area contributed by atoms with Crippen molar-refractivity contribution in [3.05, 3.63) is 64.1 Å². The number of hydrogen-bond acceptors (Lipinski definition) is 7. The summed E-state index contributed by atoms with van der Waals surface area (Å²) < 4.78 is 17.0. The molecule has 2 aromatic rings. The first-order valence-corrected chi connectivity index (χ1v) is 12.3. The molecule has 2 aliphatic rings. The number of benzene rings is 2. The number of carbonyl (C=O) groups is 3. The molecule has 9 heteroatoms. The Hall–Kier alpha value is -3.30. The maximum Gasteiger partial charge on any atom is 0.294 e. The zero-order chi connectivity index (χ0) is 24.8. The number of thioether (sulfide) groups is 1. The zero-order valence-corrected chi connectivity index (χ0v) is 20.6. The molecule has 0 radical (unpaired) electrons. The first-order chi connectivity index (χ1) is 16.9. The van der Waals surface area contributed by atoms with E-state index in [4.69, 9.17) is 14.2 Å². The predicted molar refractivity (Wildman–Crippen MR) is 133 cm³/mol. The molecule has 2 aromatic carbocycles. The van der Waals surface area contributed by atoms with Crippen molar-refractivity contribution in [2.45, 2.75) is 20.5 Å². The number of carbonyl (C=O) groups excluding carboxylic acids is 3. The Kier molecular flexibility index (Phi) is 8.09. The van der Waals surface area contributed by atoms with Crippen LogP contribution >= 0.6 is 11.8 Å². The minimum absolute atomic E-state index is 0.259. The minimum atomic E-state index is -0.473. The fraction of sp³-hybridized carbons (Fsp3) is 0.346. The number of hydrogen-bond donors (Lipinski definition) is 0. The monoisotopic (exact) mass is 496 g/mol. The van der Waals surface area contributed by atoms with Gasteiger partial charge in [-0.15, -0.1) is 0 Å². The molecule has 184 valence electrons. The van der Waals surface area contributed by atoms with Crippen molar-refractivity contribution in [2.24, 2.45) is 0 Å². The Morgan fingerprint density at radius 1 is 1.09 bits per heavy atom. The van der Waals surface area contributed by atoms with Gasteiger partial charge in [0, 0.05) is 13.1 Å². The van der Waals surface area contributed by atoms with E-state index in [-0.39, 0.29) is 17.4 Å². The molecule has 0 unspecified atom stereocenters. The lowest BCUT2D eigenvalue weighted by Gasteiger charge is -2.28. The molecule has 0 aromatic heterocycles. The molecule has 8 nitrogen and oxygen atoms in total. The summed E-state index contributed by atoms with van der Waals surface area (Å²) in [4.78, 5) is 40.7. The normalized spacial score (nSPS) is 17.3. The summed E-state index contributed by atoms with van der Waals surface area (Å²) in [6.45, 7) is 6.34. The summed E-state index contributed by atoms with van der Waals surface area (Å²) in [5, 5.41) is -0.453. The van der Waals surface area contributed by atoms with Crippen LogP contribution in [0.1, 0.15) is 23.6 Å². The Balaban J connectivity index is 1.46.